The van der Waals surface area contributed by atoms with Crippen LogP contribution in [0.3, 0.4) is 0 Å². The maximum absolute atomic E-state index is 12.6. The van der Waals surface area contributed by atoms with Gasteiger partial charge in [-0.25, -0.2) is 4.98 Å². The van der Waals surface area contributed by atoms with Crippen molar-refractivity contribution in [3.05, 3.63) is 55.5 Å². The first-order chi connectivity index (χ1) is 11.5. The van der Waals surface area contributed by atoms with Gasteiger partial charge in [-0.15, -0.1) is 22.7 Å². The molecule has 1 amide bonds. The van der Waals surface area contributed by atoms with Crippen LogP contribution >= 0.6 is 34.3 Å². The lowest BCUT2D eigenvalue weighted by molar-refractivity contribution is 0.102. The van der Waals surface area contributed by atoms with Crippen molar-refractivity contribution in [3.63, 3.8) is 0 Å². The number of carbonyl (C=O) groups excluding carboxylic acids is 1. The van der Waals surface area contributed by atoms with Crippen LogP contribution in [0.15, 0.2) is 29.6 Å². The molecule has 3 rings (SSSR count). The Bertz CT molecular complexity index is 881. The van der Waals surface area contributed by atoms with Crippen molar-refractivity contribution in [1.82, 2.24) is 4.98 Å². The van der Waals surface area contributed by atoms with Gasteiger partial charge in [-0.05, 0) is 38.0 Å². The summed E-state index contributed by atoms with van der Waals surface area (Å²) in [4.78, 5) is 19.4. The lowest BCUT2D eigenvalue weighted by atomic mass is 10.1. The molecule has 124 valence electrons. The van der Waals surface area contributed by atoms with Crippen LogP contribution in [-0.4, -0.2) is 10.9 Å². The molecule has 2 heterocycles. The van der Waals surface area contributed by atoms with Gasteiger partial charge in [0, 0.05) is 25.7 Å². The number of benzene rings is 1. The van der Waals surface area contributed by atoms with E-state index in [1.807, 2.05) is 43.5 Å². The third-order valence-electron chi connectivity index (χ3n) is 3.84. The van der Waals surface area contributed by atoms with E-state index in [2.05, 4.69) is 17.2 Å². The number of halogens is 1. The van der Waals surface area contributed by atoms with E-state index in [-0.39, 0.29) is 5.91 Å². The molecule has 0 radical (unpaired) electrons. The van der Waals surface area contributed by atoms with Gasteiger partial charge in [0.15, 0.2) is 5.13 Å². The first-order valence-corrected chi connectivity index (χ1v) is 9.68. The van der Waals surface area contributed by atoms with Crippen LogP contribution in [0.25, 0.3) is 11.3 Å². The van der Waals surface area contributed by atoms with Crippen LogP contribution in [0.1, 0.15) is 32.6 Å². The van der Waals surface area contributed by atoms with Gasteiger partial charge in [0.25, 0.3) is 5.91 Å². The Kier molecular flexibility index (Phi) is 5.04. The lowest BCUT2D eigenvalue weighted by Crippen LogP contribution is -2.12. The first kappa shape index (κ1) is 17.1. The largest absolute Gasteiger partial charge is 0.298 e. The molecular weight excluding hydrogens is 360 g/mol. The summed E-state index contributed by atoms with van der Waals surface area (Å²) >= 11 is 9.03. The SMILES string of the molecule is CCc1c(C(=O)Nc2nc(-c3ccc(Cl)cc3)c(C)s2)csc1C. The molecule has 0 saturated heterocycles. The highest BCUT2D eigenvalue weighted by atomic mass is 35.5. The van der Waals surface area contributed by atoms with E-state index in [9.17, 15) is 4.79 Å². The second-order valence-corrected chi connectivity index (χ2v) is 8.15. The highest BCUT2D eigenvalue weighted by Gasteiger charge is 2.17. The van der Waals surface area contributed by atoms with Crippen molar-refractivity contribution in [2.45, 2.75) is 27.2 Å². The molecule has 0 fully saturated rings. The molecule has 24 heavy (non-hydrogen) atoms. The molecule has 0 aliphatic carbocycles. The molecule has 2 aromatic heterocycles. The monoisotopic (exact) mass is 376 g/mol. The van der Waals surface area contributed by atoms with E-state index < -0.39 is 0 Å². The van der Waals surface area contributed by atoms with E-state index in [1.54, 1.807) is 11.3 Å². The summed E-state index contributed by atoms with van der Waals surface area (Å²) in [6.07, 6.45) is 0.852. The van der Waals surface area contributed by atoms with E-state index in [0.717, 1.165) is 33.7 Å². The van der Waals surface area contributed by atoms with Crippen molar-refractivity contribution in [2.24, 2.45) is 0 Å². The van der Waals surface area contributed by atoms with Gasteiger partial charge in [-0.3, -0.25) is 10.1 Å². The summed E-state index contributed by atoms with van der Waals surface area (Å²) in [6.45, 7) is 6.12. The van der Waals surface area contributed by atoms with Crippen molar-refractivity contribution in [1.29, 1.82) is 0 Å². The second-order valence-electron chi connectivity index (χ2n) is 5.42. The number of carbonyl (C=O) groups is 1. The number of nitrogens with zero attached hydrogens (tertiary/aromatic N) is 1. The number of thiophene rings is 1. The molecule has 0 saturated carbocycles. The average Bonchev–Trinajstić information content (AvgIpc) is 3.10. The van der Waals surface area contributed by atoms with Gasteiger partial charge < -0.3 is 0 Å². The van der Waals surface area contributed by atoms with Gasteiger partial charge in [-0.2, -0.15) is 0 Å². The Balaban J connectivity index is 1.85. The zero-order valence-electron chi connectivity index (χ0n) is 13.6. The lowest BCUT2D eigenvalue weighted by Gasteiger charge is -2.03. The fraction of sp³-hybridized carbons (Fsp3) is 0.222. The van der Waals surface area contributed by atoms with Crippen LogP contribution in [-0.2, 0) is 6.42 Å². The summed E-state index contributed by atoms with van der Waals surface area (Å²) < 4.78 is 0. The number of anilines is 1. The fourth-order valence-corrected chi connectivity index (χ4v) is 4.50. The minimum Gasteiger partial charge on any atom is -0.298 e. The maximum atomic E-state index is 12.6. The Morgan fingerprint density at radius 2 is 1.92 bits per heavy atom. The van der Waals surface area contributed by atoms with Crippen LogP contribution in [0.5, 0.6) is 0 Å². The van der Waals surface area contributed by atoms with Gasteiger partial charge in [0.2, 0.25) is 0 Å². The third-order valence-corrected chi connectivity index (χ3v) is 5.93. The molecule has 3 nitrogen and oxygen atoms in total. The van der Waals surface area contributed by atoms with Gasteiger partial charge in [0.05, 0.1) is 11.3 Å². The standard InChI is InChI=1S/C18H17ClN2OS2/c1-4-14-10(2)23-9-15(14)17(22)21-18-20-16(11(3)24-18)12-5-7-13(19)8-6-12/h5-9H,4H2,1-3H3,(H,20,21,22). The number of aromatic nitrogens is 1. The van der Waals surface area contributed by atoms with Crippen LogP contribution < -0.4 is 5.32 Å². The second kappa shape index (κ2) is 7.05. The predicted octanol–water partition coefficient (Wildman–Crippen LogP) is 5.96. The predicted molar refractivity (Wildman–Crippen MR) is 104 cm³/mol. The number of thiazole rings is 1. The van der Waals surface area contributed by atoms with E-state index in [1.165, 1.54) is 16.2 Å². The zero-order valence-corrected chi connectivity index (χ0v) is 16.0. The molecule has 3 aromatic rings. The number of aryl methyl sites for hydroxylation is 2. The quantitative estimate of drug-likeness (QED) is 0.610. The molecule has 0 bridgehead atoms. The molecular formula is C18H17ClN2OS2. The minimum absolute atomic E-state index is 0.0902. The summed E-state index contributed by atoms with van der Waals surface area (Å²) in [5.41, 5.74) is 3.74. The number of rotatable bonds is 4. The van der Waals surface area contributed by atoms with Gasteiger partial charge in [0.1, 0.15) is 0 Å². The molecule has 0 aliphatic heterocycles. The van der Waals surface area contributed by atoms with Crippen molar-refractivity contribution >= 4 is 45.3 Å². The molecule has 0 aliphatic rings. The highest BCUT2D eigenvalue weighted by molar-refractivity contribution is 7.16. The normalized spacial score (nSPS) is 10.8. The van der Waals surface area contributed by atoms with Crippen molar-refractivity contribution in [3.8, 4) is 11.3 Å². The van der Waals surface area contributed by atoms with E-state index >= 15 is 0 Å². The van der Waals surface area contributed by atoms with Crippen molar-refractivity contribution < 1.29 is 4.79 Å². The Labute approximate surface area is 154 Å². The van der Waals surface area contributed by atoms with Gasteiger partial charge >= 0.3 is 0 Å². The topological polar surface area (TPSA) is 42.0 Å². The molecule has 1 N–H and O–H groups in total. The fourth-order valence-electron chi connectivity index (χ4n) is 2.60. The number of amides is 1. The van der Waals surface area contributed by atoms with Gasteiger partial charge in [-0.1, -0.05) is 30.7 Å². The highest BCUT2D eigenvalue weighted by Crippen LogP contribution is 2.32. The molecule has 1 aromatic carbocycles. The van der Waals surface area contributed by atoms with Crippen LogP contribution in [0, 0.1) is 13.8 Å². The van der Waals surface area contributed by atoms with Crippen molar-refractivity contribution in [2.75, 3.05) is 5.32 Å². The molecule has 0 atom stereocenters. The zero-order chi connectivity index (χ0) is 17.3. The summed E-state index contributed by atoms with van der Waals surface area (Å²) in [5.74, 6) is -0.0902. The smallest absolute Gasteiger partial charge is 0.258 e. The first-order valence-electron chi connectivity index (χ1n) is 7.61. The van der Waals surface area contributed by atoms with Crippen LogP contribution in [0.2, 0.25) is 5.02 Å². The average molecular weight is 377 g/mol. The molecule has 0 unspecified atom stereocenters. The third kappa shape index (κ3) is 3.38. The van der Waals surface area contributed by atoms with E-state index in [4.69, 9.17) is 11.6 Å². The molecule has 6 heteroatoms. The Hall–Kier alpha value is -1.69. The molecule has 0 spiro atoms. The summed E-state index contributed by atoms with van der Waals surface area (Å²) in [5, 5.41) is 6.17. The minimum atomic E-state index is -0.0902. The maximum Gasteiger partial charge on any atom is 0.258 e. The Morgan fingerprint density at radius 3 is 2.58 bits per heavy atom. The summed E-state index contributed by atoms with van der Waals surface area (Å²) in [7, 11) is 0. The Morgan fingerprint density at radius 1 is 1.21 bits per heavy atom. The number of nitrogens with one attached hydrogen (secondary N) is 1. The number of hydrogen-bond donors (Lipinski definition) is 1. The summed E-state index contributed by atoms with van der Waals surface area (Å²) in [6, 6.07) is 7.56. The number of hydrogen-bond acceptors (Lipinski definition) is 4. The van der Waals surface area contributed by atoms with Crippen LogP contribution in [0.4, 0.5) is 5.13 Å². The van der Waals surface area contributed by atoms with E-state index in [0.29, 0.717) is 10.2 Å².